The number of hydrogen-bond donors (Lipinski definition) is 1. The van der Waals surface area contributed by atoms with Crippen LogP contribution < -0.4 is 10.5 Å². The molecular formula is C28H34N4O3. The van der Waals surface area contributed by atoms with Crippen molar-refractivity contribution in [1.82, 2.24) is 14.5 Å². The van der Waals surface area contributed by atoms with Crippen molar-refractivity contribution < 1.29 is 14.3 Å². The highest BCUT2D eigenvalue weighted by Crippen LogP contribution is 2.38. The van der Waals surface area contributed by atoms with Crippen molar-refractivity contribution in [2.24, 2.45) is 11.1 Å². The molecule has 1 aliphatic rings. The van der Waals surface area contributed by atoms with Gasteiger partial charge in [0.15, 0.2) is 5.78 Å². The highest BCUT2D eigenvalue weighted by Gasteiger charge is 2.34. The maximum atomic E-state index is 12.9. The lowest BCUT2D eigenvalue weighted by molar-refractivity contribution is 0.0909. The number of amides is 1. The Balaban J connectivity index is 1.69. The molecule has 2 N–H and O–H groups in total. The molecule has 2 heterocycles. The number of ketones is 1. The van der Waals surface area contributed by atoms with Gasteiger partial charge < -0.3 is 19.9 Å². The van der Waals surface area contributed by atoms with E-state index in [2.05, 4.69) is 23.4 Å². The summed E-state index contributed by atoms with van der Waals surface area (Å²) in [6, 6.07) is 9.49. The van der Waals surface area contributed by atoms with Crippen LogP contribution in [0.1, 0.15) is 63.4 Å². The van der Waals surface area contributed by atoms with Gasteiger partial charge >= 0.3 is 0 Å². The number of Topliss-reactive ketones (excluding diaryl/α,β-unsaturated/α-hetero) is 1. The van der Waals surface area contributed by atoms with Crippen LogP contribution in [0.5, 0.6) is 5.88 Å². The molecule has 2 aromatic heterocycles. The second kappa shape index (κ2) is 9.66. The summed E-state index contributed by atoms with van der Waals surface area (Å²) < 4.78 is 7.88. The van der Waals surface area contributed by atoms with Gasteiger partial charge in [-0.2, -0.15) is 0 Å². The first-order valence-corrected chi connectivity index (χ1v) is 11.9. The largest absolute Gasteiger partial charge is 0.476 e. The van der Waals surface area contributed by atoms with Crippen molar-refractivity contribution in [3.8, 4) is 11.6 Å². The van der Waals surface area contributed by atoms with Crippen LogP contribution >= 0.6 is 0 Å². The summed E-state index contributed by atoms with van der Waals surface area (Å²) in [5, 5.41) is 0. The van der Waals surface area contributed by atoms with E-state index in [1.54, 1.807) is 12.3 Å². The minimum Gasteiger partial charge on any atom is -0.476 e. The third kappa shape index (κ3) is 5.46. The van der Waals surface area contributed by atoms with Crippen LogP contribution in [-0.4, -0.2) is 53.4 Å². The van der Waals surface area contributed by atoms with E-state index in [4.69, 9.17) is 10.5 Å². The Hall–Kier alpha value is -3.45. The minimum atomic E-state index is -0.468. The zero-order valence-corrected chi connectivity index (χ0v) is 21.2. The normalized spacial score (nSPS) is 14.7. The number of carbonyl (C=O) groups is 2. The number of nitrogens with zero attached hydrogens (tertiary/aromatic N) is 3. The molecule has 0 aliphatic heterocycles. The average molecular weight is 475 g/mol. The Labute approximate surface area is 206 Å². The monoisotopic (exact) mass is 474 g/mol. The van der Waals surface area contributed by atoms with Crippen LogP contribution in [0, 0.1) is 12.3 Å². The molecule has 0 bridgehead atoms. The number of rotatable bonds is 8. The summed E-state index contributed by atoms with van der Waals surface area (Å²) in [4.78, 5) is 31.4. The van der Waals surface area contributed by atoms with Crippen molar-refractivity contribution in [3.63, 3.8) is 0 Å². The lowest BCUT2D eigenvalue weighted by Crippen LogP contribution is -2.28. The van der Waals surface area contributed by atoms with Crippen LogP contribution in [0.25, 0.3) is 5.69 Å². The van der Waals surface area contributed by atoms with Crippen molar-refractivity contribution in [2.75, 3.05) is 27.2 Å². The average Bonchev–Trinajstić information content (AvgIpc) is 3.08. The predicted molar refractivity (Wildman–Crippen MR) is 137 cm³/mol. The van der Waals surface area contributed by atoms with Gasteiger partial charge in [0.2, 0.25) is 11.8 Å². The number of primary amides is 1. The fraction of sp³-hybridized carbons (Fsp3) is 0.393. The Morgan fingerprint density at radius 2 is 1.97 bits per heavy atom. The van der Waals surface area contributed by atoms with Gasteiger partial charge in [-0.25, -0.2) is 4.98 Å². The summed E-state index contributed by atoms with van der Waals surface area (Å²) in [5.74, 6) is 0.280. The number of nitrogens with two attached hydrogens (primary N) is 1. The van der Waals surface area contributed by atoms with Gasteiger partial charge in [0.05, 0.1) is 0 Å². The zero-order chi connectivity index (χ0) is 25.3. The lowest BCUT2D eigenvalue weighted by atomic mass is 9.75. The summed E-state index contributed by atoms with van der Waals surface area (Å²) in [7, 11) is 3.98. The third-order valence-corrected chi connectivity index (χ3v) is 6.48. The van der Waals surface area contributed by atoms with Gasteiger partial charge in [-0.15, -0.1) is 0 Å². The van der Waals surface area contributed by atoms with Gasteiger partial charge in [0.1, 0.15) is 6.61 Å². The molecule has 1 aromatic carbocycles. The molecule has 0 radical (unpaired) electrons. The summed E-state index contributed by atoms with van der Waals surface area (Å²) >= 11 is 0. The summed E-state index contributed by atoms with van der Waals surface area (Å²) in [6.45, 7) is 7.57. The van der Waals surface area contributed by atoms with E-state index in [1.165, 1.54) is 0 Å². The highest BCUT2D eigenvalue weighted by molar-refractivity contribution is 6.00. The molecule has 184 valence electrons. The van der Waals surface area contributed by atoms with E-state index in [9.17, 15) is 9.59 Å². The molecule has 1 aliphatic carbocycles. The first-order valence-electron chi connectivity index (χ1n) is 11.9. The first-order chi connectivity index (χ1) is 16.5. The zero-order valence-electron chi connectivity index (χ0n) is 21.2. The Morgan fingerprint density at radius 1 is 1.20 bits per heavy atom. The minimum absolute atomic E-state index is 0.0946. The standard InChI is InChI=1S/C28H34N4O3/c1-18-17-32(23-15-28(2,3)16-24(33)26(18)23)21-6-7-22(27(29)34)20(14-21)12-19-8-9-30-25(13-19)35-11-10-31(4)5/h6-9,13-14,17H,10-12,15-16H2,1-5H3,(H2,29,34). The lowest BCUT2D eigenvalue weighted by Gasteiger charge is -2.30. The SMILES string of the molecule is Cc1cn(-c2ccc(C(N)=O)c(Cc3ccnc(OCCN(C)C)c3)c2)c2c1C(=O)CC(C)(C)C2. The molecule has 3 aromatic rings. The van der Waals surface area contributed by atoms with E-state index >= 15 is 0 Å². The number of pyridine rings is 1. The molecule has 0 spiro atoms. The van der Waals surface area contributed by atoms with Crippen molar-refractivity contribution in [3.05, 3.63) is 76.2 Å². The number of carbonyl (C=O) groups excluding carboxylic acids is 2. The Bertz CT molecular complexity index is 1270. The number of benzene rings is 1. The van der Waals surface area contributed by atoms with Crippen molar-refractivity contribution in [1.29, 1.82) is 0 Å². The van der Waals surface area contributed by atoms with Crippen LogP contribution in [-0.2, 0) is 12.8 Å². The predicted octanol–water partition coefficient (Wildman–Crippen LogP) is 3.97. The van der Waals surface area contributed by atoms with Crippen molar-refractivity contribution in [2.45, 2.75) is 40.0 Å². The second-order valence-corrected chi connectivity index (χ2v) is 10.5. The molecular weight excluding hydrogens is 440 g/mol. The van der Waals surface area contributed by atoms with E-state index < -0.39 is 5.91 Å². The molecule has 0 fully saturated rings. The highest BCUT2D eigenvalue weighted by atomic mass is 16.5. The first kappa shape index (κ1) is 24.7. The van der Waals surface area contributed by atoms with Gasteiger partial charge in [-0.1, -0.05) is 13.8 Å². The van der Waals surface area contributed by atoms with Gasteiger partial charge in [0.25, 0.3) is 0 Å². The number of fused-ring (bicyclic) bond motifs is 1. The molecule has 0 saturated heterocycles. The maximum Gasteiger partial charge on any atom is 0.248 e. The van der Waals surface area contributed by atoms with E-state index in [1.807, 2.05) is 56.4 Å². The quantitative estimate of drug-likeness (QED) is 0.534. The van der Waals surface area contributed by atoms with Crippen LogP contribution in [0.4, 0.5) is 0 Å². The fourth-order valence-electron chi connectivity index (χ4n) is 4.82. The topological polar surface area (TPSA) is 90.4 Å². The number of hydrogen-bond acceptors (Lipinski definition) is 5. The number of aromatic nitrogens is 2. The summed E-state index contributed by atoms with van der Waals surface area (Å²) in [5.41, 5.74) is 11.7. The van der Waals surface area contributed by atoms with E-state index in [0.29, 0.717) is 30.9 Å². The molecule has 0 atom stereocenters. The molecule has 7 nitrogen and oxygen atoms in total. The smallest absolute Gasteiger partial charge is 0.248 e. The molecule has 35 heavy (non-hydrogen) atoms. The van der Waals surface area contributed by atoms with Crippen LogP contribution in [0.3, 0.4) is 0 Å². The van der Waals surface area contributed by atoms with E-state index in [-0.39, 0.29) is 11.2 Å². The molecule has 0 unspecified atom stereocenters. The number of likely N-dealkylation sites (N-methyl/N-ethyl adjacent to an activating group) is 1. The number of ether oxygens (including phenoxy) is 1. The number of aryl methyl sites for hydroxylation is 1. The molecule has 4 rings (SSSR count). The maximum absolute atomic E-state index is 12.9. The van der Waals surface area contributed by atoms with Gasteiger partial charge in [-0.05, 0) is 80.2 Å². The van der Waals surface area contributed by atoms with Crippen LogP contribution in [0.15, 0.2) is 42.7 Å². The van der Waals surface area contributed by atoms with Crippen molar-refractivity contribution >= 4 is 11.7 Å². The molecule has 1 amide bonds. The van der Waals surface area contributed by atoms with E-state index in [0.717, 1.165) is 46.6 Å². The Kier molecular flexibility index (Phi) is 6.81. The molecule has 7 heteroatoms. The fourth-order valence-corrected chi connectivity index (χ4v) is 4.82. The van der Waals surface area contributed by atoms with Gasteiger partial charge in [-0.3, -0.25) is 9.59 Å². The Morgan fingerprint density at radius 3 is 2.69 bits per heavy atom. The second-order valence-electron chi connectivity index (χ2n) is 10.5. The summed E-state index contributed by atoms with van der Waals surface area (Å²) in [6.07, 6.45) is 5.61. The van der Waals surface area contributed by atoms with Crippen LogP contribution in [0.2, 0.25) is 0 Å². The third-order valence-electron chi connectivity index (χ3n) is 6.48. The molecule has 0 saturated carbocycles. The van der Waals surface area contributed by atoms with Gasteiger partial charge in [0, 0.05) is 53.9 Å².